The van der Waals surface area contributed by atoms with Gasteiger partial charge in [0.15, 0.2) is 13.2 Å². The van der Waals surface area contributed by atoms with E-state index in [1.807, 2.05) is 6.07 Å². The van der Waals surface area contributed by atoms with Gasteiger partial charge in [-0.05, 0) is 24.3 Å². The Morgan fingerprint density at radius 3 is 2.39 bits per heavy atom. The average molecular weight is 385 g/mol. The van der Waals surface area contributed by atoms with Gasteiger partial charge in [0.25, 0.3) is 11.8 Å². The van der Waals surface area contributed by atoms with E-state index in [-0.39, 0.29) is 13.2 Å². The standard InChI is InChI=1S/C19H19N3O6/c23-17(11-20-18(24)12-27-15-7-2-1-3-8-15)22-21-10-14-6-4-5-9-16(14)28-13-19(25)26/h1-10H,11-13H2,(H,20,24)(H,22,23)(H,25,26)/b21-10-. The number of nitrogens with one attached hydrogen (secondary N) is 2. The minimum atomic E-state index is -1.10. The number of hydrogen-bond acceptors (Lipinski definition) is 6. The monoisotopic (exact) mass is 385 g/mol. The number of carboxylic acids is 1. The molecular formula is C19H19N3O6. The summed E-state index contributed by atoms with van der Waals surface area (Å²) in [6.45, 7) is -0.978. The van der Waals surface area contributed by atoms with Gasteiger partial charge in [0.2, 0.25) is 0 Å². The Morgan fingerprint density at radius 2 is 1.64 bits per heavy atom. The number of nitrogens with zero attached hydrogens (tertiary/aromatic N) is 1. The van der Waals surface area contributed by atoms with E-state index >= 15 is 0 Å². The van der Waals surface area contributed by atoms with E-state index in [1.54, 1.807) is 48.5 Å². The number of amides is 2. The fourth-order valence-electron chi connectivity index (χ4n) is 1.97. The second-order valence-electron chi connectivity index (χ2n) is 5.39. The fraction of sp³-hybridized carbons (Fsp3) is 0.158. The molecule has 2 amide bonds. The molecule has 0 spiro atoms. The molecule has 0 aliphatic rings. The summed E-state index contributed by atoms with van der Waals surface area (Å²) in [6, 6.07) is 15.4. The summed E-state index contributed by atoms with van der Waals surface area (Å²) < 4.78 is 10.4. The van der Waals surface area contributed by atoms with Crippen LogP contribution in [-0.4, -0.2) is 48.9 Å². The van der Waals surface area contributed by atoms with E-state index in [0.29, 0.717) is 17.1 Å². The highest BCUT2D eigenvalue weighted by atomic mass is 16.5. The normalized spacial score (nSPS) is 10.3. The molecule has 2 rings (SSSR count). The van der Waals surface area contributed by atoms with Crippen molar-refractivity contribution in [3.05, 3.63) is 60.2 Å². The lowest BCUT2D eigenvalue weighted by molar-refractivity contribution is -0.139. The molecule has 9 heteroatoms. The third kappa shape index (κ3) is 7.56. The first-order valence-corrected chi connectivity index (χ1v) is 8.24. The lowest BCUT2D eigenvalue weighted by atomic mass is 10.2. The maximum Gasteiger partial charge on any atom is 0.341 e. The second kappa shape index (κ2) is 11.0. The van der Waals surface area contributed by atoms with Gasteiger partial charge in [-0.1, -0.05) is 30.3 Å². The van der Waals surface area contributed by atoms with Crippen LogP contribution in [0.25, 0.3) is 0 Å². The molecule has 0 saturated carbocycles. The molecule has 0 bridgehead atoms. The van der Waals surface area contributed by atoms with Crippen LogP contribution in [0, 0.1) is 0 Å². The third-order valence-corrected chi connectivity index (χ3v) is 3.22. The Morgan fingerprint density at radius 1 is 0.929 bits per heavy atom. The van der Waals surface area contributed by atoms with Crippen LogP contribution in [0.2, 0.25) is 0 Å². The van der Waals surface area contributed by atoms with E-state index in [1.165, 1.54) is 6.21 Å². The van der Waals surface area contributed by atoms with Crippen molar-refractivity contribution in [3.63, 3.8) is 0 Å². The zero-order chi connectivity index (χ0) is 20.2. The SMILES string of the molecule is O=C(O)COc1ccccc1/C=N\NC(=O)CNC(=O)COc1ccccc1. The highest BCUT2D eigenvalue weighted by molar-refractivity contribution is 5.87. The Labute approximate surface area is 161 Å². The van der Waals surface area contributed by atoms with Crippen molar-refractivity contribution >= 4 is 24.0 Å². The van der Waals surface area contributed by atoms with Crippen LogP contribution in [0.5, 0.6) is 11.5 Å². The molecule has 0 aliphatic heterocycles. The number of carbonyl (C=O) groups is 3. The van der Waals surface area contributed by atoms with Crippen LogP contribution in [0.4, 0.5) is 0 Å². The molecule has 3 N–H and O–H groups in total. The van der Waals surface area contributed by atoms with Gasteiger partial charge in [0.1, 0.15) is 11.5 Å². The minimum absolute atomic E-state index is 0.213. The van der Waals surface area contributed by atoms with Crippen molar-refractivity contribution in [1.29, 1.82) is 0 Å². The van der Waals surface area contributed by atoms with Crippen LogP contribution < -0.4 is 20.2 Å². The Kier molecular flexibility index (Phi) is 8.00. The molecule has 0 radical (unpaired) electrons. The van der Waals surface area contributed by atoms with E-state index in [2.05, 4.69) is 15.8 Å². The summed E-state index contributed by atoms with van der Waals surface area (Å²) in [7, 11) is 0. The third-order valence-electron chi connectivity index (χ3n) is 3.22. The predicted octanol–water partition coefficient (Wildman–Crippen LogP) is 0.795. The summed E-state index contributed by atoms with van der Waals surface area (Å²) in [4.78, 5) is 34.0. The van der Waals surface area contributed by atoms with Gasteiger partial charge in [-0.3, -0.25) is 9.59 Å². The first kappa shape index (κ1) is 20.4. The zero-order valence-electron chi connectivity index (χ0n) is 14.8. The van der Waals surface area contributed by atoms with Gasteiger partial charge >= 0.3 is 5.97 Å². The van der Waals surface area contributed by atoms with Crippen LogP contribution in [0.1, 0.15) is 5.56 Å². The predicted molar refractivity (Wildman–Crippen MR) is 100 cm³/mol. The fourth-order valence-corrected chi connectivity index (χ4v) is 1.97. The van der Waals surface area contributed by atoms with Crippen molar-refractivity contribution in [1.82, 2.24) is 10.7 Å². The maximum absolute atomic E-state index is 11.7. The molecule has 0 heterocycles. The first-order chi connectivity index (χ1) is 13.5. The summed E-state index contributed by atoms with van der Waals surface area (Å²) >= 11 is 0. The zero-order valence-corrected chi connectivity index (χ0v) is 14.8. The molecule has 28 heavy (non-hydrogen) atoms. The molecule has 0 unspecified atom stereocenters. The van der Waals surface area contributed by atoms with Crippen molar-refractivity contribution < 1.29 is 29.0 Å². The van der Waals surface area contributed by atoms with Gasteiger partial charge in [0, 0.05) is 5.56 Å². The van der Waals surface area contributed by atoms with Crippen molar-refractivity contribution in [2.45, 2.75) is 0 Å². The molecule has 0 saturated heterocycles. The lowest BCUT2D eigenvalue weighted by Crippen LogP contribution is -2.37. The van der Waals surface area contributed by atoms with Gasteiger partial charge in [-0.25, -0.2) is 10.2 Å². The summed E-state index contributed by atoms with van der Waals surface area (Å²) in [5.74, 6) is -1.22. The van der Waals surface area contributed by atoms with E-state index < -0.39 is 24.4 Å². The molecule has 146 valence electrons. The molecule has 2 aromatic rings. The molecule has 0 atom stereocenters. The molecule has 0 aliphatic carbocycles. The number of hydrazone groups is 1. The van der Waals surface area contributed by atoms with Gasteiger partial charge in [0.05, 0.1) is 12.8 Å². The number of carbonyl (C=O) groups excluding carboxylic acids is 2. The van der Waals surface area contributed by atoms with Gasteiger partial charge in [-0.15, -0.1) is 0 Å². The molecular weight excluding hydrogens is 366 g/mol. The van der Waals surface area contributed by atoms with Crippen LogP contribution >= 0.6 is 0 Å². The number of para-hydroxylation sites is 2. The average Bonchev–Trinajstić information content (AvgIpc) is 2.70. The Hall–Kier alpha value is -3.88. The Balaban J connectivity index is 1.73. The topological polar surface area (TPSA) is 126 Å². The number of carboxylic acid groups (broad SMARTS) is 1. The molecule has 0 fully saturated rings. The smallest absolute Gasteiger partial charge is 0.341 e. The summed E-state index contributed by atoms with van der Waals surface area (Å²) in [6.07, 6.45) is 1.31. The molecule has 2 aromatic carbocycles. The number of hydrogen-bond donors (Lipinski definition) is 3. The second-order valence-corrected chi connectivity index (χ2v) is 5.39. The van der Waals surface area contributed by atoms with Crippen molar-refractivity contribution in [2.24, 2.45) is 5.10 Å². The van der Waals surface area contributed by atoms with Crippen molar-refractivity contribution in [3.8, 4) is 11.5 Å². The molecule has 0 aromatic heterocycles. The highest BCUT2D eigenvalue weighted by Gasteiger charge is 2.06. The van der Waals surface area contributed by atoms with Crippen LogP contribution in [0.3, 0.4) is 0 Å². The van der Waals surface area contributed by atoms with Crippen LogP contribution in [-0.2, 0) is 14.4 Å². The number of benzene rings is 2. The Bertz CT molecular complexity index is 839. The van der Waals surface area contributed by atoms with E-state index in [9.17, 15) is 14.4 Å². The summed E-state index contributed by atoms with van der Waals surface area (Å²) in [5.41, 5.74) is 2.75. The van der Waals surface area contributed by atoms with Gasteiger partial charge < -0.3 is 19.9 Å². The lowest BCUT2D eigenvalue weighted by Gasteiger charge is -2.07. The van der Waals surface area contributed by atoms with E-state index in [0.717, 1.165) is 0 Å². The number of aliphatic carboxylic acids is 1. The summed E-state index contributed by atoms with van der Waals surface area (Å²) in [5, 5.41) is 14.8. The highest BCUT2D eigenvalue weighted by Crippen LogP contribution is 2.15. The quantitative estimate of drug-likeness (QED) is 0.410. The maximum atomic E-state index is 11.7. The number of rotatable bonds is 10. The minimum Gasteiger partial charge on any atom is -0.484 e. The van der Waals surface area contributed by atoms with Crippen molar-refractivity contribution in [2.75, 3.05) is 19.8 Å². The van der Waals surface area contributed by atoms with Crippen LogP contribution in [0.15, 0.2) is 59.7 Å². The molecule has 9 nitrogen and oxygen atoms in total. The number of ether oxygens (including phenoxy) is 2. The van der Waals surface area contributed by atoms with E-state index in [4.69, 9.17) is 14.6 Å². The first-order valence-electron chi connectivity index (χ1n) is 8.24. The largest absolute Gasteiger partial charge is 0.484 e. The van der Waals surface area contributed by atoms with Gasteiger partial charge in [-0.2, -0.15) is 5.10 Å².